The highest BCUT2D eigenvalue weighted by atomic mass is 35.5. The molecule has 0 fully saturated rings. The average Bonchev–Trinajstić information content (AvgIpc) is 2.87. The molecule has 0 aromatic heterocycles. The van der Waals surface area contributed by atoms with Crippen molar-refractivity contribution in [3.8, 4) is 17.2 Å². The molecule has 4 rings (SSSR count). The molecule has 3 aromatic carbocycles. The Hall–Kier alpha value is -3.23. The summed E-state index contributed by atoms with van der Waals surface area (Å²) in [5.74, 6) is 0.719. The number of para-hydroxylation sites is 2. The van der Waals surface area contributed by atoms with E-state index >= 15 is 0 Å². The van der Waals surface area contributed by atoms with E-state index in [2.05, 4.69) is 5.32 Å². The zero-order chi connectivity index (χ0) is 21.5. The minimum absolute atomic E-state index is 0.0544. The molecule has 3 aromatic rings. The van der Waals surface area contributed by atoms with E-state index in [-0.39, 0.29) is 21.2 Å². The molecule has 0 unspecified atom stereocenters. The van der Waals surface area contributed by atoms with Gasteiger partial charge in [0.15, 0.2) is 5.75 Å². The molecule has 0 bridgehead atoms. The molecule has 0 spiro atoms. The summed E-state index contributed by atoms with van der Waals surface area (Å²) in [4.78, 5) is 12.5. The number of hydrogen-bond acceptors (Lipinski definition) is 5. The van der Waals surface area contributed by atoms with E-state index in [0.29, 0.717) is 22.9 Å². The van der Waals surface area contributed by atoms with Gasteiger partial charge in [0.25, 0.3) is 15.9 Å². The maximum absolute atomic E-state index is 13.2. The molecule has 30 heavy (non-hydrogen) atoms. The van der Waals surface area contributed by atoms with E-state index in [1.54, 1.807) is 48.5 Å². The van der Waals surface area contributed by atoms with Gasteiger partial charge in [0.2, 0.25) is 0 Å². The van der Waals surface area contributed by atoms with E-state index in [9.17, 15) is 13.2 Å². The second-order valence-electron chi connectivity index (χ2n) is 6.50. The molecule has 0 saturated heterocycles. The third-order valence-electron chi connectivity index (χ3n) is 4.71. The van der Waals surface area contributed by atoms with Crippen LogP contribution >= 0.6 is 11.6 Å². The Kier molecular flexibility index (Phi) is 5.05. The normalized spacial score (nSPS) is 12.7. The first-order chi connectivity index (χ1) is 14.3. The molecule has 1 heterocycles. The second kappa shape index (κ2) is 7.55. The van der Waals surface area contributed by atoms with E-state index in [1.165, 1.54) is 26.3 Å². The predicted molar refractivity (Wildman–Crippen MR) is 115 cm³/mol. The zero-order valence-corrected chi connectivity index (χ0v) is 17.6. The molecule has 0 atom stereocenters. The molecule has 7 nitrogen and oxygen atoms in total. The smallest absolute Gasteiger partial charge is 0.265 e. The Morgan fingerprint density at radius 2 is 1.73 bits per heavy atom. The highest BCUT2D eigenvalue weighted by Crippen LogP contribution is 2.39. The number of rotatable bonds is 4. The summed E-state index contributed by atoms with van der Waals surface area (Å²) in [6.45, 7) is 0. The average molecular weight is 445 g/mol. The van der Waals surface area contributed by atoms with Crippen LogP contribution in [-0.2, 0) is 10.0 Å². The largest absolute Gasteiger partial charge is 0.497 e. The first-order valence-corrected chi connectivity index (χ1v) is 10.7. The molecule has 1 N–H and O–H groups in total. The van der Waals surface area contributed by atoms with Crippen LogP contribution in [0.2, 0.25) is 5.02 Å². The molecule has 0 aliphatic carbocycles. The van der Waals surface area contributed by atoms with Gasteiger partial charge in [-0.2, -0.15) is 0 Å². The van der Waals surface area contributed by atoms with Crippen LogP contribution in [0.4, 0.5) is 11.4 Å². The van der Waals surface area contributed by atoms with Gasteiger partial charge in [-0.25, -0.2) is 8.42 Å². The monoisotopic (exact) mass is 444 g/mol. The number of sulfonamides is 1. The quantitative estimate of drug-likeness (QED) is 0.639. The number of nitrogens with zero attached hydrogens (tertiary/aromatic N) is 1. The van der Waals surface area contributed by atoms with Crippen LogP contribution < -0.4 is 19.1 Å². The van der Waals surface area contributed by atoms with Crippen LogP contribution in [-0.4, -0.2) is 28.5 Å². The molecule has 1 amide bonds. The van der Waals surface area contributed by atoms with Crippen molar-refractivity contribution in [2.24, 2.45) is 0 Å². The third kappa shape index (κ3) is 3.44. The third-order valence-corrected chi connectivity index (χ3v) is 6.96. The van der Waals surface area contributed by atoms with Crippen molar-refractivity contribution < 1.29 is 22.7 Å². The van der Waals surface area contributed by atoms with Crippen LogP contribution in [0.1, 0.15) is 10.4 Å². The van der Waals surface area contributed by atoms with Gasteiger partial charge >= 0.3 is 0 Å². The number of carbonyl (C=O) groups excluding carboxylic acids is 1. The lowest BCUT2D eigenvalue weighted by Gasteiger charge is -2.21. The number of carbonyl (C=O) groups is 1. The number of hydrogen-bond donors (Lipinski definition) is 1. The van der Waals surface area contributed by atoms with Gasteiger partial charge in [-0.15, -0.1) is 0 Å². The van der Waals surface area contributed by atoms with Crippen LogP contribution in [0.3, 0.4) is 0 Å². The van der Waals surface area contributed by atoms with Crippen LogP contribution in [0.15, 0.2) is 65.6 Å². The number of ether oxygens (including phenoxy) is 2. The molecule has 1 aliphatic rings. The summed E-state index contributed by atoms with van der Waals surface area (Å²) in [5.41, 5.74) is 0.960. The summed E-state index contributed by atoms with van der Waals surface area (Å²) >= 11 is 6.32. The Morgan fingerprint density at radius 1 is 1.03 bits per heavy atom. The minimum atomic E-state index is -4.05. The maximum atomic E-state index is 13.2. The van der Waals surface area contributed by atoms with Gasteiger partial charge in [0.05, 0.1) is 29.1 Å². The lowest BCUT2D eigenvalue weighted by Crippen LogP contribution is -2.27. The van der Waals surface area contributed by atoms with E-state index in [4.69, 9.17) is 21.1 Å². The lowest BCUT2D eigenvalue weighted by molar-refractivity contribution is 0.102. The maximum Gasteiger partial charge on any atom is 0.265 e. The second-order valence-corrected chi connectivity index (χ2v) is 8.85. The van der Waals surface area contributed by atoms with Gasteiger partial charge in [-0.3, -0.25) is 9.10 Å². The van der Waals surface area contributed by atoms with Crippen LogP contribution in [0, 0.1) is 0 Å². The van der Waals surface area contributed by atoms with Crippen molar-refractivity contribution in [2.75, 3.05) is 23.8 Å². The molecular weight excluding hydrogens is 428 g/mol. The van der Waals surface area contributed by atoms with Crippen LogP contribution in [0.5, 0.6) is 17.2 Å². The first-order valence-electron chi connectivity index (χ1n) is 8.86. The number of amides is 1. The minimum Gasteiger partial charge on any atom is -0.497 e. The number of benzene rings is 3. The summed E-state index contributed by atoms with van der Waals surface area (Å²) < 4.78 is 38.5. The predicted octanol–water partition coefficient (Wildman–Crippen LogP) is 4.53. The van der Waals surface area contributed by atoms with Crippen molar-refractivity contribution in [1.29, 1.82) is 0 Å². The van der Waals surface area contributed by atoms with Gasteiger partial charge in [-0.1, -0.05) is 23.7 Å². The van der Waals surface area contributed by atoms with Crippen LogP contribution in [0.25, 0.3) is 0 Å². The van der Waals surface area contributed by atoms with Gasteiger partial charge in [0.1, 0.15) is 16.4 Å². The molecule has 0 radical (unpaired) electrons. The Balaban J connectivity index is 1.76. The molecule has 154 valence electrons. The summed E-state index contributed by atoms with van der Waals surface area (Å²) in [6, 6.07) is 16.0. The van der Waals surface area contributed by atoms with E-state index in [1.807, 2.05) is 0 Å². The Labute approximate surface area is 178 Å². The topological polar surface area (TPSA) is 84.9 Å². The molecule has 1 aliphatic heterocycles. The summed E-state index contributed by atoms with van der Waals surface area (Å²) in [6.07, 6.45) is 0. The number of halogens is 1. The standard InChI is InChI=1S/C21H17ClN2O5S/c1-24(13-7-9-14(28-2)10-8-13)30(26,27)20-11-15-19(12-16(20)22)29-18-6-4-3-5-17(18)23-21(15)25/h3-12H,1-2H3,(H,23,25). The highest BCUT2D eigenvalue weighted by Gasteiger charge is 2.29. The van der Waals surface area contributed by atoms with Crippen molar-refractivity contribution in [2.45, 2.75) is 4.90 Å². The summed E-state index contributed by atoms with van der Waals surface area (Å²) in [7, 11) is -1.12. The Bertz CT molecular complexity index is 1240. The van der Waals surface area contributed by atoms with Gasteiger partial charge < -0.3 is 14.8 Å². The zero-order valence-electron chi connectivity index (χ0n) is 16.0. The van der Waals surface area contributed by atoms with Crippen molar-refractivity contribution in [3.63, 3.8) is 0 Å². The SMILES string of the molecule is COc1ccc(N(C)S(=O)(=O)c2cc3c(cc2Cl)Oc2ccccc2NC3=O)cc1. The fourth-order valence-electron chi connectivity index (χ4n) is 3.04. The number of anilines is 2. The van der Waals surface area contributed by atoms with Gasteiger partial charge in [0, 0.05) is 13.1 Å². The van der Waals surface area contributed by atoms with E-state index in [0.717, 1.165) is 4.31 Å². The molecular formula is C21H17ClN2O5S. The highest BCUT2D eigenvalue weighted by molar-refractivity contribution is 7.93. The molecule has 0 saturated carbocycles. The molecule has 9 heteroatoms. The fraction of sp³-hybridized carbons (Fsp3) is 0.0952. The fourth-order valence-corrected chi connectivity index (χ4v) is 4.75. The lowest BCUT2D eigenvalue weighted by atomic mass is 10.2. The number of methoxy groups -OCH3 is 1. The van der Waals surface area contributed by atoms with Crippen molar-refractivity contribution in [3.05, 3.63) is 71.2 Å². The van der Waals surface area contributed by atoms with E-state index < -0.39 is 15.9 Å². The van der Waals surface area contributed by atoms with Crippen molar-refractivity contribution in [1.82, 2.24) is 0 Å². The number of nitrogens with one attached hydrogen (secondary N) is 1. The Morgan fingerprint density at radius 3 is 2.43 bits per heavy atom. The van der Waals surface area contributed by atoms with Gasteiger partial charge in [-0.05, 0) is 42.5 Å². The first kappa shape index (κ1) is 20.1. The summed E-state index contributed by atoms with van der Waals surface area (Å²) in [5, 5.41) is 2.67. The number of fused-ring (bicyclic) bond motifs is 2. The van der Waals surface area contributed by atoms with Crippen molar-refractivity contribution >= 4 is 38.9 Å².